The molecular weight excluding hydrogens is 285 g/mol. The Morgan fingerprint density at radius 1 is 1.27 bits per heavy atom. The first-order valence-electron chi connectivity index (χ1n) is 7.05. The Morgan fingerprint density at radius 3 is 2.64 bits per heavy atom. The molecule has 1 aliphatic heterocycles. The summed E-state index contributed by atoms with van der Waals surface area (Å²) in [7, 11) is 0. The lowest BCUT2D eigenvalue weighted by Crippen LogP contribution is -2.24. The van der Waals surface area contributed by atoms with E-state index < -0.39 is 5.82 Å². The third-order valence-corrected chi connectivity index (χ3v) is 3.33. The van der Waals surface area contributed by atoms with Gasteiger partial charge in [0.2, 0.25) is 5.91 Å². The molecular formula is C17H16FNO3. The monoisotopic (exact) mass is 301 g/mol. The molecule has 0 saturated carbocycles. The van der Waals surface area contributed by atoms with Gasteiger partial charge in [-0.1, -0.05) is 24.3 Å². The van der Waals surface area contributed by atoms with Crippen molar-refractivity contribution >= 4 is 17.3 Å². The first-order chi connectivity index (χ1) is 10.7. The quantitative estimate of drug-likeness (QED) is 0.796. The van der Waals surface area contributed by atoms with Gasteiger partial charge in [0.15, 0.2) is 5.82 Å². The number of ether oxygens (including phenoxy) is 2. The van der Waals surface area contributed by atoms with Crippen molar-refractivity contribution < 1.29 is 18.7 Å². The molecule has 1 atom stereocenters. The zero-order valence-corrected chi connectivity index (χ0v) is 12.2. The van der Waals surface area contributed by atoms with Crippen molar-refractivity contribution in [1.29, 1.82) is 0 Å². The fourth-order valence-corrected chi connectivity index (χ4v) is 2.22. The van der Waals surface area contributed by atoms with Gasteiger partial charge in [0.25, 0.3) is 0 Å². The lowest BCUT2D eigenvalue weighted by atomic mass is 10.2. The lowest BCUT2D eigenvalue weighted by molar-refractivity contribution is -0.115. The predicted molar refractivity (Wildman–Crippen MR) is 80.9 cm³/mol. The second-order valence-electron chi connectivity index (χ2n) is 5.04. The fourth-order valence-electron chi connectivity index (χ4n) is 2.22. The van der Waals surface area contributed by atoms with Gasteiger partial charge in [-0.15, -0.1) is 0 Å². The van der Waals surface area contributed by atoms with E-state index in [4.69, 9.17) is 9.47 Å². The average molecular weight is 301 g/mol. The van der Waals surface area contributed by atoms with Crippen LogP contribution in [0.15, 0.2) is 48.5 Å². The topological polar surface area (TPSA) is 42.1 Å². The number of halogens is 1. The molecule has 1 fully saturated rings. The number of nitrogens with zero attached hydrogens (tertiary/aromatic N) is 1. The predicted octanol–water partition coefficient (Wildman–Crippen LogP) is 3.29. The Labute approximate surface area is 128 Å². The minimum Gasteiger partial charge on any atom is -0.488 e. The number of rotatable bonds is 5. The number of anilines is 2. The van der Waals surface area contributed by atoms with Crippen molar-refractivity contribution in [2.45, 2.75) is 13.0 Å². The molecule has 3 rings (SSSR count). The molecule has 0 N–H and O–H groups in total. The summed E-state index contributed by atoms with van der Waals surface area (Å²) in [6.45, 7) is 2.39. The molecule has 2 aromatic carbocycles. The number of amides is 1. The number of hydrogen-bond donors (Lipinski definition) is 0. The van der Waals surface area contributed by atoms with E-state index in [9.17, 15) is 9.18 Å². The molecule has 5 heteroatoms. The maximum Gasteiger partial charge on any atom is 0.228 e. The largest absolute Gasteiger partial charge is 0.488 e. The van der Waals surface area contributed by atoms with Crippen LogP contribution in [0, 0.1) is 5.82 Å². The molecule has 0 aliphatic carbocycles. The van der Waals surface area contributed by atoms with Gasteiger partial charge < -0.3 is 9.47 Å². The van der Waals surface area contributed by atoms with Crippen LogP contribution in [0.25, 0.3) is 0 Å². The molecule has 0 bridgehead atoms. The highest BCUT2D eigenvalue weighted by atomic mass is 19.1. The molecule has 114 valence electrons. The van der Waals surface area contributed by atoms with E-state index in [0.717, 1.165) is 0 Å². The van der Waals surface area contributed by atoms with E-state index in [2.05, 4.69) is 0 Å². The molecule has 22 heavy (non-hydrogen) atoms. The van der Waals surface area contributed by atoms with Gasteiger partial charge in [0, 0.05) is 12.6 Å². The summed E-state index contributed by atoms with van der Waals surface area (Å²) in [6.07, 6.45) is 0.0543. The van der Waals surface area contributed by atoms with Gasteiger partial charge in [0.05, 0.1) is 6.61 Å². The standard InChI is InChI=1S/C17H16FNO3/c1-12(20)19(13-6-3-2-4-7-13)17-15(18)8-5-9-16(17)22-11-14-10-21-14/h2-9,14H,10-11H2,1H3. The van der Waals surface area contributed by atoms with Crippen molar-refractivity contribution in [1.82, 2.24) is 0 Å². The zero-order chi connectivity index (χ0) is 15.5. The van der Waals surface area contributed by atoms with E-state index in [0.29, 0.717) is 24.7 Å². The Bertz CT molecular complexity index is 671. The first-order valence-corrected chi connectivity index (χ1v) is 7.05. The Morgan fingerprint density at radius 2 is 2.00 bits per heavy atom. The Balaban J connectivity index is 2.00. The molecule has 1 aliphatic rings. The molecule has 2 aromatic rings. The van der Waals surface area contributed by atoms with E-state index >= 15 is 0 Å². The maximum absolute atomic E-state index is 14.4. The SMILES string of the molecule is CC(=O)N(c1ccccc1)c1c(F)cccc1OCC1CO1. The van der Waals surface area contributed by atoms with E-state index in [-0.39, 0.29) is 17.7 Å². The van der Waals surface area contributed by atoms with Gasteiger partial charge in [0.1, 0.15) is 24.1 Å². The summed E-state index contributed by atoms with van der Waals surface area (Å²) < 4.78 is 25.1. The Hall–Kier alpha value is -2.40. The molecule has 1 saturated heterocycles. The van der Waals surface area contributed by atoms with Crippen molar-refractivity contribution in [3.8, 4) is 5.75 Å². The van der Waals surface area contributed by atoms with Crippen LogP contribution in [0.1, 0.15) is 6.92 Å². The number of hydrogen-bond acceptors (Lipinski definition) is 3. The van der Waals surface area contributed by atoms with Crippen LogP contribution in [0.2, 0.25) is 0 Å². The average Bonchev–Trinajstić information content (AvgIpc) is 3.33. The Kier molecular flexibility index (Phi) is 4.06. The van der Waals surface area contributed by atoms with Crippen molar-refractivity contribution in [3.05, 3.63) is 54.3 Å². The van der Waals surface area contributed by atoms with Gasteiger partial charge in [-0.3, -0.25) is 9.69 Å². The van der Waals surface area contributed by atoms with Gasteiger partial charge in [-0.25, -0.2) is 4.39 Å². The third-order valence-electron chi connectivity index (χ3n) is 3.33. The minimum atomic E-state index is -0.506. The summed E-state index contributed by atoms with van der Waals surface area (Å²) in [4.78, 5) is 13.4. The van der Waals surface area contributed by atoms with Crippen molar-refractivity contribution in [2.24, 2.45) is 0 Å². The summed E-state index contributed by atoms with van der Waals surface area (Å²) in [6, 6.07) is 13.5. The summed E-state index contributed by atoms with van der Waals surface area (Å²) in [5.74, 6) is -0.466. The van der Waals surface area contributed by atoms with Crippen LogP contribution >= 0.6 is 0 Å². The molecule has 0 radical (unpaired) electrons. The third kappa shape index (κ3) is 3.09. The van der Waals surface area contributed by atoms with E-state index in [1.165, 1.54) is 17.9 Å². The number of carbonyl (C=O) groups excluding carboxylic acids is 1. The van der Waals surface area contributed by atoms with Crippen LogP contribution < -0.4 is 9.64 Å². The van der Waals surface area contributed by atoms with Crippen LogP contribution in [-0.4, -0.2) is 25.2 Å². The highest BCUT2D eigenvalue weighted by Gasteiger charge is 2.26. The number of epoxide rings is 1. The highest BCUT2D eigenvalue weighted by Crippen LogP contribution is 2.36. The molecule has 0 spiro atoms. The van der Waals surface area contributed by atoms with Crippen LogP contribution in [-0.2, 0) is 9.53 Å². The lowest BCUT2D eigenvalue weighted by Gasteiger charge is -2.24. The second kappa shape index (κ2) is 6.15. The first kappa shape index (κ1) is 14.5. The summed E-state index contributed by atoms with van der Waals surface area (Å²) >= 11 is 0. The van der Waals surface area contributed by atoms with Crippen molar-refractivity contribution in [3.63, 3.8) is 0 Å². The van der Waals surface area contributed by atoms with Gasteiger partial charge in [-0.2, -0.15) is 0 Å². The molecule has 1 amide bonds. The zero-order valence-electron chi connectivity index (χ0n) is 12.2. The molecule has 4 nitrogen and oxygen atoms in total. The second-order valence-corrected chi connectivity index (χ2v) is 5.04. The van der Waals surface area contributed by atoms with E-state index in [1.807, 2.05) is 6.07 Å². The van der Waals surface area contributed by atoms with Gasteiger partial charge >= 0.3 is 0 Å². The molecule has 1 unspecified atom stereocenters. The summed E-state index contributed by atoms with van der Waals surface area (Å²) in [5.41, 5.74) is 0.717. The fraction of sp³-hybridized carbons (Fsp3) is 0.235. The number of para-hydroxylation sites is 2. The molecule has 0 aromatic heterocycles. The smallest absolute Gasteiger partial charge is 0.228 e. The minimum absolute atomic E-state index is 0.0543. The normalized spacial score (nSPS) is 16.2. The maximum atomic E-state index is 14.4. The van der Waals surface area contributed by atoms with Crippen LogP contribution in [0.4, 0.5) is 15.8 Å². The number of benzene rings is 2. The van der Waals surface area contributed by atoms with Gasteiger partial charge in [-0.05, 0) is 24.3 Å². The van der Waals surface area contributed by atoms with Crippen LogP contribution in [0.3, 0.4) is 0 Å². The van der Waals surface area contributed by atoms with Crippen LogP contribution in [0.5, 0.6) is 5.75 Å². The van der Waals surface area contributed by atoms with E-state index in [1.54, 1.807) is 36.4 Å². The summed E-state index contributed by atoms with van der Waals surface area (Å²) in [5, 5.41) is 0. The number of carbonyl (C=O) groups is 1. The molecule has 1 heterocycles. The van der Waals surface area contributed by atoms with Crippen molar-refractivity contribution in [2.75, 3.05) is 18.1 Å². The highest BCUT2D eigenvalue weighted by molar-refractivity contribution is 6.00.